The molecule has 1 aliphatic heterocycles. The lowest BCUT2D eigenvalue weighted by atomic mass is 10.3. The second-order valence-corrected chi connectivity index (χ2v) is 4.91. The Morgan fingerprint density at radius 1 is 1.22 bits per heavy atom. The van der Waals surface area contributed by atoms with Crippen LogP contribution in [-0.2, 0) is 13.6 Å². The van der Waals surface area contributed by atoms with Gasteiger partial charge in [0, 0.05) is 17.2 Å². The summed E-state index contributed by atoms with van der Waals surface area (Å²) in [4.78, 5) is 28.9. The van der Waals surface area contributed by atoms with Crippen LogP contribution in [0.15, 0.2) is 33.5 Å². The molecule has 0 N–H and O–H groups in total. The Labute approximate surface area is 111 Å². The number of carbonyl (C=O) groups is 1. The van der Waals surface area contributed by atoms with Gasteiger partial charge >= 0.3 is 11.7 Å². The molecule has 0 atom stereocenters. The van der Waals surface area contributed by atoms with Crippen LogP contribution in [0.25, 0.3) is 0 Å². The highest BCUT2D eigenvalue weighted by Crippen LogP contribution is 2.24. The van der Waals surface area contributed by atoms with Gasteiger partial charge in [-0.2, -0.15) is 9.67 Å². The summed E-state index contributed by atoms with van der Waals surface area (Å²) >= 11 is 3.34. The first-order valence-electron chi connectivity index (χ1n) is 5.30. The van der Waals surface area contributed by atoms with E-state index in [0.717, 1.165) is 10.2 Å². The highest BCUT2D eigenvalue weighted by Gasteiger charge is 2.32. The van der Waals surface area contributed by atoms with E-state index in [1.807, 2.05) is 24.3 Å². The summed E-state index contributed by atoms with van der Waals surface area (Å²) in [5.41, 5.74) is 0.370. The molecule has 0 spiro atoms. The summed E-state index contributed by atoms with van der Waals surface area (Å²) in [7, 11) is 1.53. The molecular weight excluding hydrogens is 300 g/mol. The predicted molar refractivity (Wildman–Crippen MR) is 68.6 cm³/mol. The third kappa shape index (κ3) is 1.51. The van der Waals surface area contributed by atoms with Crippen molar-refractivity contribution in [3.05, 3.63) is 45.0 Å². The van der Waals surface area contributed by atoms with E-state index in [0.29, 0.717) is 12.4 Å². The normalized spacial score (nSPS) is 14.1. The molecule has 1 amide bonds. The molecule has 0 saturated carbocycles. The summed E-state index contributed by atoms with van der Waals surface area (Å²) in [6.07, 6.45) is 0. The zero-order valence-corrected chi connectivity index (χ0v) is 11.1. The molecule has 3 rings (SSSR count). The van der Waals surface area contributed by atoms with Crippen LogP contribution in [-0.4, -0.2) is 20.4 Å². The summed E-state index contributed by atoms with van der Waals surface area (Å²) in [6.45, 7) is 0.316. The molecule has 0 saturated heterocycles. The summed E-state index contributed by atoms with van der Waals surface area (Å²) in [5, 5.41) is 0. The largest absolute Gasteiger partial charge is 0.364 e. The van der Waals surface area contributed by atoms with Crippen LogP contribution in [0.4, 0.5) is 10.5 Å². The molecule has 0 unspecified atom stereocenters. The van der Waals surface area contributed by atoms with Crippen LogP contribution in [0.5, 0.6) is 0 Å². The highest BCUT2D eigenvalue weighted by atomic mass is 79.9. The van der Waals surface area contributed by atoms with Gasteiger partial charge in [0.1, 0.15) is 0 Å². The average molecular weight is 309 g/mol. The number of hydrogen-bond acceptors (Lipinski definition) is 3. The van der Waals surface area contributed by atoms with Crippen molar-refractivity contribution in [3.8, 4) is 0 Å². The van der Waals surface area contributed by atoms with E-state index in [9.17, 15) is 9.59 Å². The number of carbonyl (C=O) groups excluding carboxylic acids is 1. The molecule has 0 bridgehead atoms. The van der Waals surface area contributed by atoms with E-state index in [4.69, 9.17) is 0 Å². The smallest absolute Gasteiger partial charge is 0.285 e. The highest BCUT2D eigenvalue weighted by molar-refractivity contribution is 9.10. The van der Waals surface area contributed by atoms with Crippen LogP contribution < -0.4 is 10.6 Å². The molecule has 0 aliphatic carbocycles. The molecule has 1 aliphatic rings. The van der Waals surface area contributed by atoms with Crippen molar-refractivity contribution in [2.45, 2.75) is 6.54 Å². The first kappa shape index (κ1) is 11.2. The fourth-order valence-corrected chi connectivity index (χ4v) is 2.24. The third-order valence-electron chi connectivity index (χ3n) is 2.90. The van der Waals surface area contributed by atoms with E-state index < -0.39 is 5.69 Å². The van der Waals surface area contributed by atoms with Crippen LogP contribution in [0, 0.1) is 0 Å². The monoisotopic (exact) mass is 308 g/mol. The maximum atomic E-state index is 12.2. The number of halogens is 1. The Hall–Kier alpha value is -1.89. The van der Waals surface area contributed by atoms with E-state index >= 15 is 0 Å². The summed E-state index contributed by atoms with van der Waals surface area (Å²) in [6, 6.07) is 7.15. The van der Waals surface area contributed by atoms with Crippen molar-refractivity contribution in [1.82, 2.24) is 14.3 Å². The van der Waals surface area contributed by atoms with E-state index in [1.165, 1.54) is 16.4 Å². The van der Waals surface area contributed by atoms with E-state index in [1.54, 1.807) is 4.90 Å². The van der Waals surface area contributed by atoms with Gasteiger partial charge in [-0.05, 0) is 24.3 Å². The molecule has 18 heavy (non-hydrogen) atoms. The average Bonchev–Trinajstić information content (AvgIpc) is 2.80. The molecule has 2 heterocycles. The number of amides is 1. The van der Waals surface area contributed by atoms with Gasteiger partial charge in [0.25, 0.3) is 0 Å². The van der Waals surface area contributed by atoms with Gasteiger partial charge < -0.3 is 0 Å². The second kappa shape index (κ2) is 3.81. The predicted octanol–water partition coefficient (Wildman–Crippen LogP) is 1.33. The van der Waals surface area contributed by atoms with Gasteiger partial charge in [-0.15, -0.1) is 0 Å². The molecule has 92 valence electrons. The standard InChI is InChI=1S/C11H9BrN4O2/c1-14-10(17)13-9-6-15(11(18)16(9)14)8-4-2-7(12)3-5-8/h2-5H,6H2,1H3. The summed E-state index contributed by atoms with van der Waals surface area (Å²) in [5.74, 6) is 0.468. The zero-order valence-electron chi connectivity index (χ0n) is 9.50. The van der Waals surface area contributed by atoms with Crippen LogP contribution >= 0.6 is 15.9 Å². The second-order valence-electron chi connectivity index (χ2n) is 3.99. The van der Waals surface area contributed by atoms with Gasteiger partial charge in [0.2, 0.25) is 0 Å². The Bertz CT molecular complexity index is 686. The van der Waals surface area contributed by atoms with Gasteiger partial charge in [-0.1, -0.05) is 15.9 Å². The minimum Gasteiger partial charge on any atom is -0.285 e. The Morgan fingerprint density at radius 3 is 2.50 bits per heavy atom. The van der Waals surface area contributed by atoms with Crippen molar-refractivity contribution < 1.29 is 4.79 Å². The first-order chi connectivity index (χ1) is 8.58. The molecule has 2 aromatic rings. The molecular formula is C11H9BrN4O2. The van der Waals surface area contributed by atoms with Crippen LogP contribution in [0.3, 0.4) is 0 Å². The van der Waals surface area contributed by atoms with Crippen molar-refractivity contribution >= 4 is 27.6 Å². The topological polar surface area (TPSA) is 60.1 Å². The number of benzene rings is 1. The Balaban J connectivity index is 2.02. The molecule has 0 radical (unpaired) electrons. The number of aromatic nitrogens is 3. The lowest BCUT2D eigenvalue weighted by Gasteiger charge is -2.15. The lowest BCUT2D eigenvalue weighted by Crippen LogP contribution is -2.32. The Morgan fingerprint density at radius 2 is 1.89 bits per heavy atom. The maximum Gasteiger partial charge on any atom is 0.364 e. The lowest BCUT2D eigenvalue weighted by molar-refractivity contribution is 0.245. The first-order valence-corrected chi connectivity index (χ1v) is 6.09. The number of anilines is 1. The minimum atomic E-state index is -0.409. The molecule has 1 aromatic heterocycles. The van der Waals surface area contributed by atoms with Crippen molar-refractivity contribution in [2.24, 2.45) is 7.05 Å². The quantitative estimate of drug-likeness (QED) is 0.798. The number of hydrogen-bond donors (Lipinski definition) is 0. The molecule has 6 nitrogen and oxygen atoms in total. The van der Waals surface area contributed by atoms with E-state index in [-0.39, 0.29) is 6.03 Å². The fraction of sp³-hybridized carbons (Fsp3) is 0.182. The summed E-state index contributed by atoms with van der Waals surface area (Å²) < 4.78 is 3.46. The van der Waals surface area contributed by atoms with E-state index in [2.05, 4.69) is 20.9 Å². The van der Waals surface area contributed by atoms with Gasteiger partial charge in [0.15, 0.2) is 5.82 Å². The number of nitrogens with zero attached hydrogens (tertiary/aromatic N) is 4. The zero-order chi connectivity index (χ0) is 12.9. The fourth-order valence-electron chi connectivity index (χ4n) is 1.98. The van der Waals surface area contributed by atoms with Gasteiger partial charge in [0.05, 0.1) is 6.54 Å². The van der Waals surface area contributed by atoms with Crippen molar-refractivity contribution in [2.75, 3.05) is 4.90 Å². The maximum absolute atomic E-state index is 12.2. The van der Waals surface area contributed by atoms with Crippen molar-refractivity contribution in [3.63, 3.8) is 0 Å². The SMILES string of the molecule is Cn1c(=O)nc2n1C(=O)N(c1ccc(Br)cc1)C2. The number of rotatable bonds is 1. The molecule has 1 aromatic carbocycles. The van der Waals surface area contributed by atoms with Crippen LogP contribution in [0.2, 0.25) is 0 Å². The Kier molecular flexibility index (Phi) is 2.37. The van der Waals surface area contributed by atoms with Crippen molar-refractivity contribution in [1.29, 1.82) is 0 Å². The van der Waals surface area contributed by atoms with Gasteiger partial charge in [-0.3, -0.25) is 4.90 Å². The molecule has 0 fully saturated rings. The minimum absolute atomic E-state index is 0.260. The van der Waals surface area contributed by atoms with Crippen LogP contribution in [0.1, 0.15) is 5.82 Å². The van der Waals surface area contributed by atoms with Gasteiger partial charge in [-0.25, -0.2) is 14.3 Å². The number of fused-ring (bicyclic) bond motifs is 1. The third-order valence-corrected chi connectivity index (χ3v) is 3.42. The molecule has 7 heteroatoms.